The molecule has 1 heterocycles. The number of hydrogen-bond acceptors (Lipinski definition) is 3. The Hall–Kier alpha value is -2.10. The average molecular weight is 216 g/mol. The minimum Gasteiger partial charge on any atom is -0.397 e. The zero-order chi connectivity index (χ0) is 11.9. The Morgan fingerprint density at radius 2 is 1.94 bits per heavy atom. The van der Waals surface area contributed by atoms with Gasteiger partial charge < -0.3 is 10.3 Å². The number of nitrogen functional groups attached to an aromatic ring is 1. The number of carbonyl (C=O) groups excluding carboxylic acids is 1. The Bertz CT molecular complexity index is 641. The predicted octanol–water partition coefficient (Wildman–Crippen LogP) is 1.32. The van der Waals surface area contributed by atoms with Crippen LogP contribution in [0.15, 0.2) is 29.1 Å². The van der Waals surface area contributed by atoms with Crippen LogP contribution < -0.4 is 11.3 Å². The fourth-order valence-corrected chi connectivity index (χ4v) is 1.86. The Balaban J connectivity index is 3.07. The first-order valence-electron chi connectivity index (χ1n) is 4.92. The first kappa shape index (κ1) is 10.4. The molecule has 16 heavy (non-hydrogen) atoms. The second-order valence-corrected chi connectivity index (χ2v) is 3.73. The smallest absolute Gasteiger partial charge is 0.263 e. The minimum absolute atomic E-state index is 0.0706. The van der Waals surface area contributed by atoms with Crippen LogP contribution >= 0.6 is 0 Å². The Morgan fingerprint density at radius 1 is 1.31 bits per heavy atom. The van der Waals surface area contributed by atoms with E-state index in [0.29, 0.717) is 0 Å². The number of pyridine rings is 1. The molecule has 2 N–H and O–H groups in total. The SMILES string of the molecule is CC(=O)c1c(N)c2ccccc2n(C)c1=O. The topological polar surface area (TPSA) is 65.1 Å². The molecule has 0 unspecified atom stereocenters. The quantitative estimate of drug-likeness (QED) is 0.731. The summed E-state index contributed by atoms with van der Waals surface area (Å²) < 4.78 is 1.45. The zero-order valence-corrected chi connectivity index (χ0v) is 9.15. The van der Waals surface area contributed by atoms with E-state index in [4.69, 9.17) is 5.73 Å². The number of fused-ring (bicyclic) bond motifs is 1. The fraction of sp³-hybridized carbons (Fsp3) is 0.167. The summed E-state index contributed by atoms with van der Waals surface area (Å²) in [4.78, 5) is 23.3. The molecule has 82 valence electrons. The number of benzene rings is 1. The number of carbonyl (C=O) groups is 1. The third-order valence-electron chi connectivity index (χ3n) is 2.70. The normalized spacial score (nSPS) is 10.6. The van der Waals surface area contributed by atoms with Crippen molar-refractivity contribution in [1.82, 2.24) is 4.57 Å². The maximum absolute atomic E-state index is 11.9. The summed E-state index contributed by atoms with van der Waals surface area (Å²) in [6.45, 7) is 1.35. The Morgan fingerprint density at radius 3 is 2.56 bits per heavy atom. The molecule has 0 aliphatic carbocycles. The van der Waals surface area contributed by atoms with E-state index in [2.05, 4.69) is 0 Å². The highest BCUT2D eigenvalue weighted by atomic mass is 16.1. The van der Waals surface area contributed by atoms with E-state index >= 15 is 0 Å². The van der Waals surface area contributed by atoms with Gasteiger partial charge in [-0.2, -0.15) is 0 Å². The maximum Gasteiger partial charge on any atom is 0.263 e. The molecule has 0 saturated heterocycles. The molecule has 4 heteroatoms. The number of Topliss-reactive ketones (excluding diaryl/α,β-unsaturated/α-hetero) is 1. The van der Waals surface area contributed by atoms with Gasteiger partial charge in [-0.15, -0.1) is 0 Å². The molecule has 0 atom stereocenters. The molecule has 1 aromatic heterocycles. The Labute approximate surface area is 92.3 Å². The van der Waals surface area contributed by atoms with E-state index in [9.17, 15) is 9.59 Å². The third-order valence-corrected chi connectivity index (χ3v) is 2.70. The van der Waals surface area contributed by atoms with Gasteiger partial charge in [-0.25, -0.2) is 0 Å². The highest BCUT2D eigenvalue weighted by molar-refractivity contribution is 6.06. The number of rotatable bonds is 1. The van der Waals surface area contributed by atoms with Crippen molar-refractivity contribution in [2.75, 3.05) is 5.73 Å². The van der Waals surface area contributed by atoms with Crippen molar-refractivity contribution in [3.8, 4) is 0 Å². The molecule has 1 aromatic carbocycles. The minimum atomic E-state index is -0.344. The van der Waals surface area contributed by atoms with Crippen molar-refractivity contribution in [1.29, 1.82) is 0 Å². The monoisotopic (exact) mass is 216 g/mol. The van der Waals surface area contributed by atoms with Gasteiger partial charge in [-0.3, -0.25) is 9.59 Å². The van der Waals surface area contributed by atoms with E-state index < -0.39 is 0 Å². The lowest BCUT2D eigenvalue weighted by Gasteiger charge is -2.10. The standard InChI is InChI=1S/C12H12N2O2/c1-7(15)10-11(13)8-5-3-4-6-9(8)14(2)12(10)16/h3-6H,13H2,1-2H3. The van der Waals surface area contributed by atoms with Crippen molar-refractivity contribution in [3.05, 3.63) is 40.2 Å². The number of nitrogens with zero attached hydrogens (tertiary/aromatic N) is 1. The molecule has 0 radical (unpaired) electrons. The molecule has 0 aliphatic heterocycles. The summed E-state index contributed by atoms with van der Waals surface area (Å²) >= 11 is 0. The first-order chi connectivity index (χ1) is 7.54. The number of para-hydroxylation sites is 1. The summed E-state index contributed by atoms with van der Waals surface area (Å²) in [6.07, 6.45) is 0. The van der Waals surface area contributed by atoms with Crippen LogP contribution in [0.4, 0.5) is 5.69 Å². The van der Waals surface area contributed by atoms with Crippen molar-refractivity contribution in [2.45, 2.75) is 6.92 Å². The van der Waals surface area contributed by atoms with Gasteiger partial charge >= 0.3 is 0 Å². The zero-order valence-electron chi connectivity index (χ0n) is 9.15. The van der Waals surface area contributed by atoms with E-state index in [0.717, 1.165) is 10.9 Å². The van der Waals surface area contributed by atoms with Crippen LogP contribution in [0.25, 0.3) is 10.9 Å². The molecule has 0 saturated carbocycles. The van der Waals surface area contributed by atoms with E-state index in [1.807, 2.05) is 12.1 Å². The van der Waals surface area contributed by atoms with Crippen LogP contribution in [0.2, 0.25) is 0 Å². The fourth-order valence-electron chi connectivity index (χ4n) is 1.86. The number of hydrogen-bond donors (Lipinski definition) is 1. The number of aromatic nitrogens is 1. The molecule has 0 amide bonds. The van der Waals surface area contributed by atoms with E-state index in [-0.39, 0.29) is 22.6 Å². The molecule has 0 aliphatic rings. The van der Waals surface area contributed by atoms with Gasteiger partial charge in [0.1, 0.15) is 5.56 Å². The molecular weight excluding hydrogens is 204 g/mol. The molecule has 2 rings (SSSR count). The van der Waals surface area contributed by atoms with Gasteiger partial charge in [0.05, 0.1) is 11.2 Å². The van der Waals surface area contributed by atoms with Crippen LogP contribution in [0.5, 0.6) is 0 Å². The summed E-state index contributed by atoms with van der Waals surface area (Å²) in [6, 6.07) is 7.26. The lowest BCUT2D eigenvalue weighted by molar-refractivity contribution is 0.101. The van der Waals surface area contributed by atoms with Crippen molar-refractivity contribution in [2.24, 2.45) is 7.05 Å². The lowest BCUT2D eigenvalue weighted by Crippen LogP contribution is -2.25. The van der Waals surface area contributed by atoms with Gasteiger partial charge in [0.25, 0.3) is 5.56 Å². The summed E-state index contributed by atoms with van der Waals surface area (Å²) in [5, 5.41) is 0.731. The van der Waals surface area contributed by atoms with Crippen LogP contribution in [0, 0.1) is 0 Å². The molecule has 4 nitrogen and oxygen atoms in total. The second kappa shape index (κ2) is 3.48. The summed E-state index contributed by atoms with van der Waals surface area (Å²) in [5.74, 6) is -0.302. The van der Waals surface area contributed by atoms with Crippen LogP contribution in [-0.2, 0) is 7.05 Å². The Kier molecular flexibility index (Phi) is 2.27. The van der Waals surface area contributed by atoms with E-state index in [1.54, 1.807) is 19.2 Å². The number of aryl methyl sites for hydroxylation is 1. The lowest BCUT2D eigenvalue weighted by atomic mass is 10.1. The molecular formula is C12H12N2O2. The average Bonchev–Trinajstić information content (AvgIpc) is 2.26. The number of ketones is 1. The van der Waals surface area contributed by atoms with Crippen molar-refractivity contribution < 1.29 is 4.79 Å². The van der Waals surface area contributed by atoms with Crippen LogP contribution in [0.1, 0.15) is 17.3 Å². The molecule has 0 bridgehead atoms. The number of nitrogens with two attached hydrogens (primary N) is 1. The third kappa shape index (κ3) is 1.31. The molecule has 0 fully saturated rings. The van der Waals surface area contributed by atoms with Gasteiger partial charge in [-0.1, -0.05) is 18.2 Å². The van der Waals surface area contributed by atoms with Gasteiger partial charge in [0.15, 0.2) is 5.78 Å². The van der Waals surface area contributed by atoms with Gasteiger partial charge in [0, 0.05) is 12.4 Å². The summed E-state index contributed by atoms with van der Waals surface area (Å²) in [7, 11) is 1.64. The highest BCUT2D eigenvalue weighted by Gasteiger charge is 2.15. The first-order valence-corrected chi connectivity index (χ1v) is 4.92. The van der Waals surface area contributed by atoms with Crippen LogP contribution in [-0.4, -0.2) is 10.4 Å². The number of anilines is 1. The van der Waals surface area contributed by atoms with E-state index in [1.165, 1.54) is 11.5 Å². The summed E-state index contributed by atoms with van der Waals surface area (Å²) in [5.41, 5.74) is 6.58. The highest BCUT2D eigenvalue weighted by Crippen LogP contribution is 2.21. The van der Waals surface area contributed by atoms with Crippen molar-refractivity contribution >= 4 is 22.4 Å². The van der Waals surface area contributed by atoms with Gasteiger partial charge in [0.2, 0.25) is 0 Å². The van der Waals surface area contributed by atoms with Gasteiger partial charge in [-0.05, 0) is 13.0 Å². The predicted molar refractivity (Wildman–Crippen MR) is 63.6 cm³/mol. The molecule has 0 spiro atoms. The van der Waals surface area contributed by atoms with Crippen molar-refractivity contribution in [3.63, 3.8) is 0 Å². The molecule has 2 aromatic rings. The maximum atomic E-state index is 11.9. The largest absolute Gasteiger partial charge is 0.397 e. The van der Waals surface area contributed by atoms with Crippen LogP contribution in [0.3, 0.4) is 0 Å². The second-order valence-electron chi connectivity index (χ2n) is 3.73.